The summed E-state index contributed by atoms with van der Waals surface area (Å²) < 4.78 is 1.12. The van der Waals surface area contributed by atoms with Gasteiger partial charge in [-0.25, -0.2) is 0 Å². The highest BCUT2D eigenvalue weighted by Crippen LogP contribution is 2.27. The highest BCUT2D eigenvalue weighted by Gasteiger charge is 2.14. The molecule has 3 nitrogen and oxygen atoms in total. The van der Waals surface area contributed by atoms with E-state index in [1.165, 1.54) is 24.2 Å². The van der Waals surface area contributed by atoms with E-state index in [1.54, 1.807) is 0 Å². The van der Waals surface area contributed by atoms with E-state index in [9.17, 15) is 0 Å². The lowest BCUT2D eigenvalue weighted by Crippen LogP contribution is -2.28. The van der Waals surface area contributed by atoms with Crippen molar-refractivity contribution in [3.8, 4) is 0 Å². The Morgan fingerprint density at radius 3 is 2.67 bits per heavy atom. The van der Waals surface area contributed by atoms with Crippen molar-refractivity contribution in [3.05, 3.63) is 28.2 Å². The highest BCUT2D eigenvalue weighted by molar-refractivity contribution is 9.10. The van der Waals surface area contributed by atoms with Crippen LogP contribution in [0.5, 0.6) is 0 Å². The van der Waals surface area contributed by atoms with Gasteiger partial charge in [0.25, 0.3) is 0 Å². The Hall–Kier alpha value is -0.580. The summed E-state index contributed by atoms with van der Waals surface area (Å²) in [5, 5.41) is 0. The van der Waals surface area contributed by atoms with E-state index in [1.807, 2.05) is 6.92 Å². The molecule has 1 aliphatic heterocycles. The van der Waals surface area contributed by atoms with Gasteiger partial charge in [0.1, 0.15) is 0 Å². The van der Waals surface area contributed by atoms with E-state index in [4.69, 9.17) is 5.73 Å². The fourth-order valence-corrected chi connectivity index (χ4v) is 3.11. The van der Waals surface area contributed by atoms with Crippen molar-refractivity contribution in [2.45, 2.75) is 19.4 Å². The minimum absolute atomic E-state index is 0.0729. The molecule has 2 rings (SSSR count). The van der Waals surface area contributed by atoms with E-state index in [-0.39, 0.29) is 6.04 Å². The zero-order valence-electron chi connectivity index (χ0n) is 11.2. The molecule has 0 bridgehead atoms. The maximum absolute atomic E-state index is 5.94. The summed E-state index contributed by atoms with van der Waals surface area (Å²) in [6, 6.07) is 6.60. The normalized spacial score (nSPS) is 19.7. The third-order valence-electron chi connectivity index (χ3n) is 3.56. The van der Waals surface area contributed by atoms with Crippen LogP contribution in [0.25, 0.3) is 0 Å². The Morgan fingerprint density at radius 1 is 1.22 bits per heavy atom. The van der Waals surface area contributed by atoms with Crippen LogP contribution in [-0.4, -0.2) is 38.1 Å². The Labute approximate surface area is 118 Å². The number of likely N-dealkylation sites (N-methyl/N-ethyl adjacent to an activating group) is 1. The van der Waals surface area contributed by atoms with Crippen LogP contribution >= 0.6 is 15.9 Å². The molecule has 0 saturated carbocycles. The first-order valence-electron chi connectivity index (χ1n) is 6.56. The molecule has 1 aromatic rings. The van der Waals surface area contributed by atoms with E-state index in [0.29, 0.717) is 0 Å². The van der Waals surface area contributed by atoms with Crippen LogP contribution in [0.3, 0.4) is 0 Å². The topological polar surface area (TPSA) is 32.5 Å². The molecule has 0 spiro atoms. The minimum Gasteiger partial charge on any atom is -0.370 e. The van der Waals surface area contributed by atoms with Gasteiger partial charge in [-0.3, -0.25) is 0 Å². The molecule has 0 aliphatic carbocycles. The molecule has 0 radical (unpaired) electrons. The number of hydrogen-bond donors (Lipinski definition) is 1. The maximum atomic E-state index is 5.94. The van der Waals surface area contributed by atoms with Crippen LogP contribution in [0.15, 0.2) is 22.7 Å². The lowest BCUT2D eigenvalue weighted by Gasteiger charge is -2.24. The summed E-state index contributed by atoms with van der Waals surface area (Å²) in [6.45, 7) is 6.57. The molecule has 1 aliphatic rings. The van der Waals surface area contributed by atoms with Crippen LogP contribution in [0.1, 0.15) is 24.9 Å². The molecule has 1 aromatic carbocycles. The van der Waals surface area contributed by atoms with Crippen molar-refractivity contribution >= 4 is 21.6 Å². The van der Waals surface area contributed by atoms with Crippen LogP contribution in [0.2, 0.25) is 0 Å². The summed E-state index contributed by atoms with van der Waals surface area (Å²) in [7, 11) is 2.19. The summed E-state index contributed by atoms with van der Waals surface area (Å²) >= 11 is 3.63. The molecule has 2 N–H and O–H groups in total. The molecule has 0 aromatic heterocycles. The van der Waals surface area contributed by atoms with Gasteiger partial charge < -0.3 is 15.5 Å². The van der Waals surface area contributed by atoms with Crippen molar-refractivity contribution in [3.63, 3.8) is 0 Å². The van der Waals surface area contributed by atoms with Gasteiger partial charge in [0.05, 0.1) is 0 Å². The summed E-state index contributed by atoms with van der Waals surface area (Å²) in [4.78, 5) is 4.85. The molecule has 1 saturated heterocycles. The van der Waals surface area contributed by atoms with Crippen LogP contribution in [-0.2, 0) is 0 Å². The van der Waals surface area contributed by atoms with Crippen molar-refractivity contribution < 1.29 is 0 Å². The van der Waals surface area contributed by atoms with Crippen LogP contribution in [0.4, 0.5) is 5.69 Å². The van der Waals surface area contributed by atoms with Gasteiger partial charge in [-0.1, -0.05) is 22.0 Å². The number of anilines is 1. The molecule has 1 heterocycles. The van der Waals surface area contributed by atoms with Gasteiger partial charge in [-0.15, -0.1) is 0 Å². The van der Waals surface area contributed by atoms with Gasteiger partial charge in [0, 0.05) is 35.8 Å². The molecule has 1 fully saturated rings. The number of benzene rings is 1. The van der Waals surface area contributed by atoms with E-state index in [0.717, 1.165) is 24.1 Å². The lowest BCUT2D eigenvalue weighted by atomic mass is 10.1. The smallest absolute Gasteiger partial charge is 0.0378 e. The Balaban J connectivity index is 2.15. The second-order valence-corrected chi connectivity index (χ2v) is 5.99. The molecule has 1 unspecified atom stereocenters. The second kappa shape index (κ2) is 6.04. The Morgan fingerprint density at radius 2 is 2.00 bits per heavy atom. The van der Waals surface area contributed by atoms with Crippen molar-refractivity contribution in [2.75, 3.05) is 38.1 Å². The highest BCUT2D eigenvalue weighted by atomic mass is 79.9. The first-order valence-corrected chi connectivity index (χ1v) is 7.36. The van der Waals surface area contributed by atoms with Gasteiger partial charge in [0.15, 0.2) is 0 Å². The summed E-state index contributed by atoms with van der Waals surface area (Å²) in [5.74, 6) is 0. The Kier molecular flexibility index (Phi) is 4.65. The molecular weight excluding hydrogens is 290 g/mol. The lowest BCUT2D eigenvalue weighted by molar-refractivity contribution is 0.360. The van der Waals surface area contributed by atoms with E-state index < -0.39 is 0 Å². The van der Waals surface area contributed by atoms with Crippen molar-refractivity contribution in [1.29, 1.82) is 0 Å². The molecule has 4 heteroatoms. The summed E-state index contributed by atoms with van der Waals surface area (Å²) in [6.07, 6.45) is 1.23. The number of nitrogens with two attached hydrogens (primary N) is 1. The fourth-order valence-electron chi connectivity index (χ4n) is 2.39. The largest absolute Gasteiger partial charge is 0.370 e. The molecule has 18 heavy (non-hydrogen) atoms. The third-order valence-corrected chi connectivity index (χ3v) is 4.25. The van der Waals surface area contributed by atoms with Gasteiger partial charge in [0.2, 0.25) is 0 Å². The molecule has 0 amide bonds. The van der Waals surface area contributed by atoms with E-state index in [2.05, 4.69) is 51.0 Å². The number of nitrogens with zero attached hydrogens (tertiary/aromatic N) is 2. The van der Waals surface area contributed by atoms with Crippen molar-refractivity contribution in [1.82, 2.24) is 4.90 Å². The average molecular weight is 312 g/mol. The average Bonchev–Trinajstić information content (AvgIpc) is 2.53. The molecule has 100 valence electrons. The van der Waals surface area contributed by atoms with Gasteiger partial charge >= 0.3 is 0 Å². The SMILES string of the molecule is CC(N)c1ccc(N2CCCN(C)CC2)cc1Br. The second-order valence-electron chi connectivity index (χ2n) is 5.14. The van der Waals surface area contributed by atoms with Gasteiger partial charge in [-0.2, -0.15) is 0 Å². The van der Waals surface area contributed by atoms with E-state index >= 15 is 0 Å². The van der Waals surface area contributed by atoms with Gasteiger partial charge in [-0.05, 0) is 44.6 Å². The number of halogens is 1. The number of hydrogen-bond acceptors (Lipinski definition) is 3. The maximum Gasteiger partial charge on any atom is 0.0378 e. The van der Waals surface area contributed by atoms with Crippen LogP contribution < -0.4 is 10.6 Å². The monoisotopic (exact) mass is 311 g/mol. The van der Waals surface area contributed by atoms with Crippen LogP contribution in [0, 0.1) is 0 Å². The summed E-state index contributed by atoms with van der Waals surface area (Å²) in [5.41, 5.74) is 8.40. The predicted octanol–water partition coefficient (Wildman–Crippen LogP) is 2.61. The first kappa shape index (κ1) is 13.8. The standard InChI is InChI=1S/C14H22BrN3/c1-11(16)13-5-4-12(10-14(13)15)18-7-3-6-17(2)8-9-18/h4-5,10-11H,3,6-9,16H2,1-2H3. The fraction of sp³-hybridized carbons (Fsp3) is 0.571. The number of rotatable bonds is 2. The first-order chi connectivity index (χ1) is 8.58. The van der Waals surface area contributed by atoms with Crippen molar-refractivity contribution in [2.24, 2.45) is 5.73 Å². The zero-order chi connectivity index (χ0) is 13.1. The third kappa shape index (κ3) is 3.25. The Bertz CT molecular complexity index is 406. The minimum atomic E-state index is 0.0729. The quantitative estimate of drug-likeness (QED) is 0.911. The zero-order valence-corrected chi connectivity index (χ0v) is 12.8. The predicted molar refractivity (Wildman–Crippen MR) is 81.1 cm³/mol. The molecule has 1 atom stereocenters. The molecular formula is C14H22BrN3.